The van der Waals surface area contributed by atoms with Crippen LogP contribution in [0.1, 0.15) is 5.56 Å². The molecule has 0 N–H and O–H groups in total. The van der Waals surface area contributed by atoms with Crippen molar-refractivity contribution in [2.45, 2.75) is 6.92 Å². The summed E-state index contributed by atoms with van der Waals surface area (Å²) in [7, 11) is 0. The molecule has 3 rings (SSSR count). The number of morpholine rings is 1. The lowest BCUT2D eigenvalue weighted by Crippen LogP contribution is -2.56. The van der Waals surface area contributed by atoms with E-state index in [2.05, 4.69) is 31.9 Å². The topological polar surface area (TPSA) is 45.7 Å². The van der Waals surface area contributed by atoms with Crippen LogP contribution in [0.2, 0.25) is 0 Å². The molecule has 2 fully saturated rings. The zero-order chi connectivity index (χ0) is 14.1. The number of halogens is 1. The third-order valence-electron chi connectivity index (χ3n) is 3.87. The van der Waals surface area contributed by atoms with E-state index in [4.69, 9.17) is 4.74 Å². The van der Waals surface area contributed by atoms with Crippen molar-refractivity contribution in [3.63, 3.8) is 0 Å². The van der Waals surface area contributed by atoms with Gasteiger partial charge in [-0.25, -0.2) is 4.98 Å². The van der Waals surface area contributed by atoms with Gasteiger partial charge in [0.25, 0.3) is 0 Å². The molecule has 2 saturated heterocycles. The largest absolute Gasteiger partial charge is 0.378 e. The average Bonchev–Trinajstić information content (AvgIpc) is 2.40. The highest BCUT2D eigenvalue weighted by Crippen LogP contribution is 2.28. The van der Waals surface area contributed by atoms with E-state index in [1.807, 2.05) is 11.8 Å². The SMILES string of the molecule is Cc1cc(Br)cnc1N1CC(C(=O)N2CCOCC2)C1. The quantitative estimate of drug-likeness (QED) is 0.818. The van der Waals surface area contributed by atoms with Crippen LogP contribution in [-0.4, -0.2) is 55.2 Å². The molecule has 0 atom stereocenters. The van der Waals surface area contributed by atoms with Crippen LogP contribution in [0.4, 0.5) is 5.82 Å². The molecule has 1 amide bonds. The number of pyridine rings is 1. The summed E-state index contributed by atoms with van der Waals surface area (Å²) in [6.45, 7) is 6.36. The first-order valence-corrected chi connectivity index (χ1v) is 7.68. The fourth-order valence-corrected chi connectivity index (χ4v) is 3.16. The van der Waals surface area contributed by atoms with Gasteiger partial charge in [0.1, 0.15) is 5.82 Å². The highest BCUT2D eigenvalue weighted by atomic mass is 79.9. The van der Waals surface area contributed by atoms with E-state index in [0.717, 1.165) is 42.0 Å². The molecule has 0 spiro atoms. The molecule has 2 aliphatic heterocycles. The maximum atomic E-state index is 12.3. The number of amides is 1. The molecule has 2 aliphatic rings. The Kier molecular flexibility index (Phi) is 3.94. The number of nitrogens with zero attached hydrogens (tertiary/aromatic N) is 3. The van der Waals surface area contributed by atoms with Crippen molar-refractivity contribution >= 4 is 27.7 Å². The van der Waals surface area contributed by atoms with E-state index in [1.54, 1.807) is 6.20 Å². The summed E-state index contributed by atoms with van der Waals surface area (Å²) in [5.74, 6) is 1.36. The Morgan fingerprint density at radius 1 is 1.40 bits per heavy atom. The number of hydrogen-bond acceptors (Lipinski definition) is 4. The number of carbonyl (C=O) groups excluding carboxylic acids is 1. The van der Waals surface area contributed by atoms with Gasteiger partial charge >= 0.3 is 0 Å². The molecule has 1 aromatic rings. The zero-order valence-electron chi connectivity index (χ0n) is 11.5. The summed E-state index contributed by atoms with van der Waals surface area (Å²) < 4.78 is 6.27. The van der Waals surface area contributed by atoms with Crippen molar-refractivity contribution in [1.29, 1.82) is 0 Å². The maximum absolute atomic E-state index is 12.3. The van der Waals surface area contributed by atoms with Crippen LogP contribution in [-0.2, 0) is 9.53 Å². The number of rotatable bonds is 2. The van der Waals surface area contributed by atoms with Crippen LogP contribution < -0.4 is 4.90 Å². The molecule has 0 radical (unpaired) electrons. The van der Waals surface area contributed by atoms with Gasteiger partial charge in [-0.15, -0.1) is 0 Å². The third-order valence-corrected chi connectivity index (χ3v) is 4.30. The molecule has 0 aromatic carbocycles. The van der Waals surface area contributed by atoms with E-state index < -0.39 is 0 Å². The van der Waals surface area contributed by atoms with E-state index in [0.29, 0.717) is 13.2 Å². The van der Waals surface area contributed by atoms with Gasteiger partial charge in [0.15, 0.2) is 0 Å². The first-order valence-electron chi connectivity index (χ1n) is 6.89. The molecule has 0 bridgehead atoms. The molecule has 3 heterocycles. The standard InChI is InChI=1S/C14H18BrN3O2/c1-10-6-12(15)7-16-13(10)18-8-11(9-18)14(19)17-2-4-20-5-3-17/h6-7,11H,2-5,8-9H2,1H3. The van der Waals surface area contributed by atoms with Gasteiger partial charge in [-0.3, -0.25) is 4.79 Å². The van der Waals surface area contributed by atoms with E-state index in [1.165, 1.54) is 0 Å². The summed E-state index contributed by atoms with van der Waals surface area (Å²) in [6, 6.07) is 2.06. The molecule has 0 unspecified atom stereocenters. The van der Waals surface area contributed by atoms with Crippen molar-refractivity contribution in [1.82, 2.24) is 9.88 Å². The zero-order valence-corrected chi connectivity index (χ0v) is 13.1. The van der Waals surface area contributed by atoms with Crippen LogP contribution in [0, 0.1) is 12.8 Å². The van der Waals surface area contributed by atoms with Crippen molar-refractivity contribution < 1.29 is 9.53 Å². The van der Waals surface area contributed by atoms with Crippen LogP contribution in [0.5, 0.6) is 0 Å². The minimum absolute atomic E-state index is 0.109. The Morgan fingerprint density at radius 3 is 2.75 bits per heavy atom. The minimum atomic E-state index is 0.109. The Bertz CT molecular complexity index is 511. The van der Waals surface area contributed by atoms with Gasteiger partial charge in [0.05, 0.1) is 19.1 Å². The summed E-state index contributed by atoms with van der Waals surface area (Å²) >= 11 is 3.42. The molecular weight excluding hydrogens is 322 g/mol. The Hall–Kier alpha value is -1.14. The molecule has 1 aromatic heterocycles. The summed E-state index contributed by atoms with van der Waals surface area (Å²) in [4.78, 5) is 20.8. The summed E-state index contributed by atoms with van der Waals surface area (Å²) in [6.07, 6.45) is 1.81. The number of aryl methyl sites for hydroxylation is 1. The second-order valence-electron chi connectivity index (χ2n) is 5.33. The van der Waals surface area contributed by atoms with E-state index in [-0.39, 0.29) is 11.8 Å². The van der Waals surface area contributed by atoms with Gasteiger partial charge in [-0.2, -0.15) is 0 Å². The fraction of sp³-hybridized carbons (Fsp3) is 0.571. The lowest BCUT2D eigenvalue weighted by Gasteiger charge is -2.42. The second kappa shape index (κ2) is 5.69. The number of aromatic nitrogens is 1. The lowest BCUT2D eigenvalue weighted by atomic mass is 9.97. The summed E-state index contributed by atoms with van der Waals surface area (Å²) in [5, 5.41) is 0. The van der Waals surface area contributed by atoms with Crippen LogP contribution in [0.25, 0.3) is 0 Å². The molecule has 108 valence electrons. The molecule has 0 aliphatic carbocycles. The normalized spacial score (nSPS) is 19.9. The number of ether oxygens (including phenoxy) is 1. The average molecular weight is 340 g/mol. The number of anilines is 1. The molecular formula is C14H18BrN3O2. The van der Waals surface area contributed by atoms with Gasteiger partial charge < -0.3 is 14.5 Å². The Balaban J connectivity index is 1.59. The predicted molar refractivity (Wildman–Crippen MR) is 79.8 cm³/mol. The third kappa shape index (κ3) is 2.67. The van der Waals surface area contributed by atoms with Crippen LogP contribution in [0.15, 0.2) is 16.7 Å². The summed E-state index contributed by atoms with van der Waals surface area (Å²) in [5.41, 5.74) is 1.14. The number of carbonyl (C=O) groups is 1. The predicted octanol–water partition coefficient (Wildman–Crippen LogP) is 1.45. The van der Waals surface area contributed by atoms with Crippen LogP contribution in [0.3, 0.4) is 0 Å². The van der Waals surface area contributed by atoms with E-state index >= 15 is 0 Å². The number of hydrogen-bond donors (Lipinski definition) is 0. The minimum Gasteiger partial charge on any atom is -0.378 e. The lowest BCUT2D eigenvalue weighted by molar-refractivity contribution is -0.140. The van der Waals surface area contributed by atoms with Gasteiger partial charge in [0.2, 0.25) is 5.91 Å². The first-order chi connectivity index (χ1) is 9.65. The molecule has 20 heavy (non-hydrogen) atoms. The fourth-order valence-electron chi connectivity index (χ4n) is 2.71. The van der Waals surface area contributed by atoms with Crippen molar-refractivity contribution in [2.75, 3.05) is 44.3 Å². The van der Waals surface area contributed by atoms with Gasteiger partial charge in [0, 0.05) is 36.8 Å². The monoisotopic (exact) mass is 339 g/mol. The highest BCUT2D eigenvalue weighted by molar-refractivity contribution is 9.10. The Morgan fingerprint density at radius 2 is 2.10 bits per heavy atom. The Labute approximate surface area is 127 Å². The van der Waals surface area contributed by atoms with Crippen molar-refractivity contribution in [3.05, 3.63) is 22.3 Å². The van der Waals surface area contributed by atoms with Gasteiger partial charge in [-0.1, -0.05) is 0 Å². The van der Waals surface area contributed by atoms with Crippen molar-refractivity contribution in [2.24, 2.45) is 5.92 Å². The molecule has 0 saturated carbocycles. The van der Waals surface area contributed by atoms with Gasteiger partial charge in [-0.05, 0) is 34.5 Å². The smallest absolute Gasteiger partial charge is 0.229 e. The molecule has 6 heteroatoms. The van der Waals surface area contributed by atoms with Crippen molar-refractivity contribution in [3.8, 4) is 0 Å². The van der Waals surface area contributed by atoms with E-state index in [9.17, 15) is 4.79 Å². The first kappa shape index (κ1) is 13.8. The van der Waals surface area contributed by atoms with Crippen LogP contribution >= 0.6 is 15.9 Å². The maximum Gasteiger partial charge on any atom is 0.229 e. The highest BCUT2D eigenvalue weighted by Gasteiger charge is 2.36. The second-order valence-corrected chi connectivity index (χ2v) is 6.25. The molecule has 5 nitrogen and oxygen atoms in total.